The zero-order valence-electron chi connectivity index (χ0n) is 26.4. The Bertz CT molecular complexity index is 1610. The second-order valence-corrected chi connectivity index (χ2v) is 12.0. The van der Waals surface area contributed by atoms with Gasteiger partial charge in [0.2, 0.25) is 0 Å². The van der Waals surface area contributed by atoms with Crippen LogP contribution in [0.5, 0.6) is 0 Å². The fourth-order valence-corrected chi connectivity index (χ4v) is 6.16. The number of nitrogens with zero attached hydrogens (tertiary/aromatic N) is 1. The third-order valence-electron chi connectivity index (χ3n) is 8.09. The lowest BCUT2D eigenvalue weighted by molar-refractivity contribution is -0.107. The zero-order valence-corrected chi connectivity index (χ0v) is 27.9. The largest absolute Gasteiger partial charge is 0.385 e. The molecule has 1 unspecified atom stereocenters. The van der Waals surface area contributed by atoms with E-state index in [1.165, 1.54) is 5.57 Å². The summed E-state index contributed by atoms with van der Waals surface area (Å²) in [6, 6.07) is 14.5. The highest BCUT2D eigenvalue weighted by atomic mass is 35.5. The summed E-state index contributed by atoms with van der Waals surface area (Å²) >= 11 is 14.2. The molecule has 236 valence electrons. The SMILES string of the molecule is C=C1CCC(CNC/C(=C/C=C(\C)c2cccc(-c3cccc(-c4cnc(NC)c(CNCC=O)c4)c3Cl)c2Cl)C(=C)CC)N1. The van der Waals surface area contributed by atoms with Crippen LogP contribution < -0.4 is 21.3 Å². The van der Waals surface area contributed by atoms with Crippen molar-refractivity contribution >= 4 is 40.9 Å². The van der Waals surface area contributed by atoms with Crippen molar-refractivity contribution in [2.75, 3.05) is 32.0 Å². The number of aromatic nitrogens is 1. The molecule has 2 aromatic carbocycles. The molecule has 0 saturated carbocycles. The van der Waals surface area contributed by atoms with Gasteiger partial charge in [0.05, 0.1) is 16.6 Å². The van der Waals surface area contributed by atoms with E-state index in [0.29, 0.717) is 22.6 Å². The van der Waals surface area contributed by atoms with E-state index in [-0.39, 0.29) is 6.54 Å². The van der Waals surface area contributed by atoms with E-state index in [2.05, 4.69) is 65.4 Å². The third-order valence-corrected chi connectivity index (χ3v) is 8.91. The van der Waals surface area contributed by atoms with E-state index in [1.54, 1.807) is 6.20 Å². The van der Waals surface area contributed by atoms with Gasteiger partial charge in [0.25, 0.3) is 0 Å². The van der Waals surface area contributed by atoms with Crippen LogP contribution in [-0.4, -0.2) is 44.0 Å². The van der Waals surface area contributed by atoms with Crippen molar-refractivity contribution in [2.45, 2.75) is 45.7 Å². The molecule has 1 aliphatic rings. The van der Waals surface area contributed by atoms with Crippen molar-refractivity contribution in [3.8, 4) is 22.3 Å². The molecule has 2 heterocycles. The molecule has 0 bridgehead atoms. The summed E-state index contributed by atoms with van der Waals surface area (Å²) < 4.78 is 0. The first-order valence-electron chi connectivity index (χ1n) is 15.4. The van der Waals surface area contributed by atoms with E-state index < -0.39 is 0 Å². The van der Waals surface area contributed by atoms with Gasteiger partial charge >= 0.3 is 0 Å². The van der Waals surface area contributed by atoms with Crippen molar-refractivity contribution < 1.29 is 4.79 Å². The molecule has 45 heavy (non-hydrogen) atoms. The number of aldehydes is 1. The van der Waals surface area contributed by atoms with Crippen LogP contribution in [0.4, 0.5) is 5.82 Å². The van der Waals surface area contributed by atoms with Crippen LogP contribution in [0.1, 0.15) is 44.2 Å². The quantitative estimate of drug-likeness (QED) is 0.0759. The molecule has 4 N–H and O–H groups in total. The zero-order chi connectivity index (χ0) is 32.3. The number of anilines is 1. The lowest BCUT2D eigenvalue weighted by atomic mass is 9.95. The number of benzene rings is 2. The summed E-state index contributed by atoms with van der Waals surface area (Å²) in [6.45, 7) is 14.9. The van der Waals surface area contributed by atoms with E-state index >= 15 is 0 Å². The van der Waals surface area contributed by atoms with Crippen LogP contribution >= 0.6 is 23.2 Å². The molecular weight excluding hydrogens is 601 g/mol. The molecule has 3 aromatic rings. The van der Waals surface area contributed by atoms with E-state index in [0.717, 1.165) is 94.7 Å². The molecule has 1 atom stereocenters. The van der Waals surface area contributed by atoms with Gasteiger partial charge in [-0.3, -0.25) is 0 Å². The lowest BCUT2D eigenvalue weighted by Crippen LogP contribution is -2.34. The van der Waals surface area contributed by atoms with Gasteiger partial charge in [-0.2, -0.15) is 0 Å². The van der Waals surface area contributed by atoms with Crippen LogP contribution in [-0.2, 0) is 11.3 Å². The summed E-state index contributed by atoms with van der Waals surface area (Å²) in [6.07, 6.45) is 9.94. The number of rotatable bonds is 15. The lowest BCUT2D eigenvalue weighted by Gasteiger charge is -2.16. The molecule has 0 spiro atoms. The standard InChI is InChI=1S/C37H43Cl2N5O/c1-6-24(2)27(20-42-23-30-16-14-26(4)44-30)15-13-25(3)31-9-7-11-33(35(31)38)34-12-8-10-32(36(34)39)28-19-29(21-41-17-18-45)37(40-5)43-22-28/h7-13,15,18-19,22,30,41-42,44H,2,4,6,14,16-17,20-21,23H2,1,3,5H3,(H,40,43)/b25-13+,27-15-. The summed E-state index contributed by atoms with van der Waals surface area (Å²) in [5.74, 6) is 0.745. The van der Waals surface area contributed by atoms with Crippen LogP contribution in [0.25, 0.3) is 27.8 Å². The number of hydrogen-bond donors (Lipinski definition) is 4. The van der Waals surface area contributed by atoms with Crippen molar-refractivity contribution in [2.24, 2.45) is 0 Å². The predicted octanol–water partition coefficient (Wildman–Crippen LogP) is 8.20. The number of carbonyl (C=O) groups is 1. The fourth-order valence-electron chi connectivity index (χ4n) is 5.45. The molecule has 1 fully saturated rings. The van der Waals surface area contributed by atoms with Gasteiger partial charge in [0, 0.05) is 72.4 Å². The topological polar surface area (TPSA) is 78.1 Å². The first-order valence-corrected chi connectivity index (χ1v) is 16.1. The predicted molar refractivity (Wildman–Crippen MR) is 192 cm³/mol. The molecule has 0 aliphatic carbocycles. The van der Waals surface area contributed by atoms with Crippen molar-refractivity contribution in [1.29, 1.82) is 0 Å². The first-order chi connectivity index (χ1) is 21.8. The Balaban J connectivity index is 1.60. The molecule has 1 aliphatic heterocycles. The van der Waals surface area contributed by atoms with Crippen molar-refractivity contribution in [3.63, 3.8) is 0 Å². The second kappa shape index (κ2) is 16.6. The smallest absolute Gasteiger partial charge is 0.133 e. The van der Waals surface area contributed by atoms with E-state index in [9.17, 15) is 4.79 Å². The highest BCUT2D eigenvalue weighted by Crippen LogP contribution is 2.41. The van der Waals surface area contributed by atoms with Gasteiger partial charge in [0.15, 0.2) is 0 Å². The molecular formula is C37H43Cl2N5O. The summed E-state index contributed by atoms with van der Waals surface area (Å²) in [4.78, 5) is 15.4. The Hall–Kier alpha value is -3.68. The Morgan fingerprint density at radius 1 is 1.09 bits per heavy atom. The monoisotopic (exact) mass is 643 g/mol. The average Bonchev–Trinajstić information content (AvgIpc) is 3.47. The average molecular weight is 645 g/mol. The normalized spacial score (nSPS) is 15.2. The molecule has 1 saturated heterocycles. The third kappa shape index (κ3) is 8.74. The van der Waals surface area contributed by atoms with Crippen LogP contribution in [0.3, 0.4) is 0 Å². The van der Waals surface area contributed by atoms with Gasteiger partial charge in [0.1, 0.15) is 12.1 Å². The summed E-state index contributed by atoms with van der Waals surface area (Å²) in [5, 5.41) is 14.5. The number of nitrogens with one attached hydrogen (secondary N) is 4. The molecule has 6 nitrogen and oxygen atoms in total. The number of pyridine rings is 1. The minimum absolute atomic E-state index is 0.266. The maximum atomic E-state index is 10.8. The van der Waals surface area contributed by atoms with Gasteiger partial charge in [-0.05, 0) is 49.0 Å². The Kier molecular flexibility index (Phi) is 12.6. The molecule has 1 aromatic heterocycles. The van der Waals surface area contributed by atoms with Gasteiger partial charge < -0.3 is 26.1 Å². The Morgan fingerprint density at radius 3 is 2.51 bits per heavy atom. The number of allylic oxidation sites excluding steroid dienone is 4. The minimum Gasteiger partial charge on any atom is -0.385 e. The second-order valence-electron chi connectivity index (χ2n) is 11.2. The number of hydrogen-bond acceptors (Lipinski definition) is 6. The van der Waals surface area contributed by atoms with Crippen LogP contribution in [0.2, 0.25) is 10.0 Å². The molecule has 0 radical (unpaired) electrons. The molecule has 0 amide bonds. The van der Waals surface area contributed by atoms with Crippen molar-refractivity contribution in [3.05, 3.63) is 112 Å². The van der Waals surface area contributed by atoms with Crippen molar-refractivity contribution in [1.82, 2.24) is 20.9 Å². The minimum atomic E-state index is 0.266. The fraction of sp³-hybridized carbons (Fsp3) is 0.297. The van der Waals surface area contributed by atoms with E-state index in [4.69, 9.17) is 23.2 Å². The first kappa shape index (κ1) is 34.2. The van der Waals surface area contributed by atoms with Gasteiger partial charge in [-0.15, -0.1) is 0 Å². The highest BCUT2D eigenvalue weighted by molar-refractivity contribution is 6.39. The van der Waals surface area contributed by atoms with Gasteiger partial charge in [-0.1, -0.05) is 97.4 Å². The number of halogens is 2. The van der Waals surface area contributed by atoms with Crippen LogP contribution in [0.15, 0.2) is 90.8 Å². The maximum Gasteiger partial charge on any atom is 0.133 e. The summed E-state index contributed by atoms with van der Waals surface area (Å²) in [5.41, 5.74) is 9.76. The van der Waals surface area contributed by atoms with E-state index in [1.807, 2.05) is 49.5 Å². The Morgan fingerprint density at radius 2 is 1.82 bits per heavy atom. The molecule has 8 heteroatoms. The Labute approximate surface area is 277 Å². The van der Waals surface area contributed by atoms with Gasteiger partial charge in [-0.25, -0.2) is 4.98 Å². The number of carbonyl (C=O) groups excluding carboxylic acids is 1. The maximum absolute atomic E-state index is 10.8. The summed E-state index contributed by atoms with van der Waals surface area (Å²) in [7, 11) is 1.82. The van der Waals surface area contributed by atoms with Crippen LogP contribution in [0, 0.1) is 0 Å². The highest BCUT2D eigenvalue weighted by Gasteiger charge is 2.18. The molecule has 4 rings (SSSR count).